The second-order valence-electron chi connectivity index (χ2n) is 9.64. The van der Waals surface area contributed by atoms with E-state index >= 15 is 0 Å². The van der Waals surface area contributed by atoms with E-state index in [0.717, 1.165) is 12.3 Å². The second-order valence-corrected chi connectivity index (χ2v) is 14.0. The Hall–Kier alpha value is -1.11. The number of aliphatic hydroxyl groups is 2. The van der Waals surface area contributed by atoms with E-state index in [4.69, 9.17) is 30.6 Å². The molecule has 5 rings (SSSR count). The lowest BCUT2D eigenvalue weighted by atomic mass is 9.93. The summed E-state index contributed by atoms with van der Waals surface area (Å²) >= 11 is 6.27. The van der Waals surface area contributed by atoms with Crippen molar-refractivity contribution in [2.24, 2.45) is 11.8 Å². The number of nitrogens with one attached hydrogen (secondary N) is 1. The Kier molecular flexibility index (Phi) is 6.58. The van der Waals surface area contributed by atoms with Gasteiger partial charge in [0.2, 0.25) is 0 Å². The predicted molar refractivity (Wildman–Crippen MR) is 123 cm³/mol. The van der Waals surface area contributed by atoms with Crippen LogP contribution in [0.2, 0.25) is 5.15 Å². The molecule has 0 spiro atoms. The van der Waals surface area contributed by atoms with E-state index < -0.39 is 52.1 Å². The van der Waals surface area contributed by atoms with Gasteiger partial charge in [-0.25, -0.2) is 9.50 Å². The smallest absolute Gasteiger partial charge is 0.340 e. The van der Waals surface area contributed by atoms with Gasteiger partial charge in [-0.15, -0.1) is 0 Å². The first kappa shape index (κ1) is 25.5. The number of rotatable bonds is 8. The minimum absolute atomic E-state index is 0.100. The highest BCUT2D eigenvalue weighted by Gasteiger charge is 2.52. The average Bonchev–Trinajstić information content (AvgIpc) is 3.50. The average molecular weight is 553 g/mol. The summed E-state index contributed by atoms with van der Waals surface area (Å²) in [5, 5.41) is 30.0. The maximum Gasteiger partial charge on any atom is 0.340 e. The lowest BCUT2D eigenvalue weighted by molar-refractivity contribution is -0.0624. The number of imidazole rings is 1. The minimum Gasteiger partial charge on any atom is -0.387 e. The number of halogens is 1. The Morgan fingerprint density at radius 3 is 2.71 bits per heavy atom. The van der Waals surface area contributed by atoms with Crippen LogP contribution in [0.1, 0.15) is 31.4 Å². The molecule has 3 fully saturated rings. The van der Waals surface area contributed by atoms with Crippen molar-refractivity contribution >= 4 is 38.1 Å². The van der Waals surface area contributed by atoms with E-state index in [-0.39, 0.29) is 10.8 Å². The molecule has 194 valence electrons. The van der Waals surface area contributed by atoms with Crippen molar-refractivity contribution < 1.29 is 43.3 Å². The Balaban J connectivity index is 1.35. The Bertz CT molecular complexity index is 1220. The summed E-state index contributed by atoms with van der Waals surface area (Å²) < 4.78 is 34.4. The van der Waals surface area contributed by atoms with Crippen molar-refractivity contribution in [2.75, 3.05) is 24.4 Å². The van der Waals surface area contributed by atoms with Crippen LogP contribution < -0.4 is 5.32 Å². The zero-order chi connectivity index (χ0) is 25.2. The van der Waals surface area contributed by atoms with Gasteiger partial charge in [0.05, 0.1) is 30.8 Å². The topological polar surface area (TPSA) is 196 Å². The largest absolute Gasteiger partial charge is 0.387 e. The number of fused-ring (bicyclic) bond motifs is 3. The van der Waals surface area contributed by atoms with Gasteiger partial charge in [-0.3, -0.25) is 9.13 Å². The van der Waals surface area contributed by atoms with Crippen LogP contribution in [0.4, 0.5) is 5.69 Å². The second kappa shape index (κ2) is 9.02. The van der Waals surface area contributed by atoms with Crippen LogP contribution in [0.3, 0.4) is 0 Å². The van der Waals surface area contributed by atoms with Gasteiger partial charge in [-0.1, -0.05) is 18.0 Å². The van der Waals surface area contributed by atoms with Crippen LogP contribution in [0, 0.1) is 11.8 Å². The lowest BCUT2D eigenvalue weighted by Crippen LogP contribution is -2.43. The molecule has 16 heteroatoms. The van der Waals surface area contributed by atoms with Crippen molar-refractivity contribution in [3.63, 3.8) is 0 Å². The number of ether oxygens (including phenoxy) is 1. The molecule has 0 aromatic carbocycles. The molecule has 1 saturated heterocycles. The molecule has 2 bridgehead atoms. The van der Waals surface area contributed by atoms with E-state index in [0.29, 0.717) is 23.3 Å². The minimum atomic E-state index is -4.81. The highest BCUT2D eigenvalue weighted by molar-refractivity contribution is 7.70. The van der Waals surface area contributed by atoms with Crippen LogP contribution in [0.25, 0.3) is 5.65 Å². The van der Waals surface area contributed by atoms with Crippen molar-refractivity contribution in [3.8, 4) is 0 Å². The lowest BCUT2D eigenvalue weighted by Gasteiger charge is -2.26. The van der Waals surface area contributed by atoms with E-state index in [1.807, 2.05) is 0 Å². The Morgan fingerprint density at radius 1 is 1.29 bits per heavy atom. The highest BCUT2D eigenvalue weighted by Crippen LogP contribution is 2.55. The first-order valence-corrected chi connectivity index (χ1v) is 15.1. The Labute approximate surface area is 205 Å². The van der Waals surface area contributed by atoms with Crippen LogP contribution >= 0.6 is 26.8 Å². The van der Waals surface area contributed by atoms with Crippen LogP contribution in [0.5, 0.6) is 0 Å². The Morgan fingerprint density at radius 2 is 2.06 bits per heavy atom. The van der Waals surface area contributed by atoms with Gasteiger partial charge in [0.15, 0.2) is 22.3 Å². The predicted octanol–water partition coefficient (Wildman–Crippen LogP) is 1.27. The molecule has 7 atom stereocenters. The SMILES string of the molecule is O=P(O)(O)CP(=O)(O)OC[C@H]1OC[C@@](O)(c2cnc3c(N[C@H]4CC5CCC4C5)cc(Cl)nn23)[C@@H]1O. The van der Waals surface area contributed by atoms with E-state index in [1.165, 1.54) is 30.0 Å². The van der Waals surface area contributed by atoms with Gasteiger partial charge < -0.3 is 39.5 Å². The molecule has 3 heterocycles. The molecule has 3 aliphatic rings. The number of hydrogen-bond donors (Lipinski definition) is 6. The van der Waals surface area contributed by atoms with Gasteiger partial charge in [-0.2, -0.15) is 5.10 Å². The maximum atomic E-state index is 11.9. The number of anilines is 1. The third-order valence-electron chi connectivity index (χ3n) is 7.12. The summed E-state index contributed by atoms with van der Waals surface area (Å²) in [6.07, 6.45) is 3.18. The fourth-order valence-electron chi connectivity index (χ4n) is 5.51. The summed E-state index contributed by atoms with van der Waals surface area (Å²) in [4.78, 5) is 31.9. The molecular formula is C19H27ClN4O9P2. The molecule has 2 aliphatic carbocycles. The first-order chi connectivity index (χ1) is 16.3. The molecule has 1 aliphatic heterocycles. The van der Waals surface area contributed by atoms with Crippen molar-refractivity contribution in [2.45, 2.75) is 49.5 Å². The van der Waals surface area contributed by atoms with Crippen molar-refractivity contribution in [1.82, 2.24) is 14.6 Å². The number of aromatic nitrogens is 3. The van der Waals surface area contributed by atoms with Crippen LogP contribution in [-0.2, 0) is 24.0 Å². The third-order valence-corrected chi connectivity index (χ3v) is 10.8. The van der Waals surface area contributed by atoms with Gasteiger partial charge in [0.25, 0.3) is 0 Å². The maximum absolute atomic E-state index is 11.9. The zero-order valence-electron chi connectivity index (χ0n) is 18.5. The van der Waals surface area contributed by atoms with Gasteiger partial charge in [0.1, 0.15) is 12.2 Å². The third kappa shape index (κ3) is 5.04. The summed E-state index contributed by atoms with van der Waals surface area (Å²) in [5.41, 5.74) is -0.834. The molecule has 0 amide bonds. The van der Waals surface area contributed by atoms with Gasteiger partial charge in [0, 0.05) is 12.1 Å². The first-order valence-electron chi connectivity index (χ1n) is 11.2. The standard InChI is InChI=1S/C19H27ClN4O9P2/c20-16-5-13(22-12-4-10-1-2-11(12)3-10)18-21-6-15(24(18)23-16)19(26)8-32-14(17(19)25)7-33-35(30,31)9-34(27,28)29/h5-6,10-12,14,17,22,25-26H,1-4,7-9H2,(H,30,31)(H2,27,28,29)/t10?,11?,12-,14+,17+,19+/m0/s1. The van der Waals surface area contributed by atoms with Crippen molar-refractivity contribution in [3.05, 3.63) is 23.1 Å². The molecule has 6 N–H and O–H groups in total. The van der Waals surface area contributed by atoms with E-state index in [2.05, 4.69) is 15.4 Å². The normalized spacial score (nSPS) is 34.5. The molecule has 2 saturated carbocycles. The summed E-state index contributed by atoms with van der Waals surface area (Å²) in [5.74, 6) is -0.0617. The summed E-state index contributed by atoms with van der Waals surface area (Å²) in [6, 6.07) is 1.96. The molecular weight excluding hydrogens is 526 g/mol. The molecule has 3 unspecified atom stereocenters. The molecule has 35 heavy (non-hydrogen) atoms. The zero-order valence-corrected chi connectivity index (χ0v) is 21.0. The summed E-state index contributed by atoms with van der Waals surface area (Å²) in [7, 11) is -9.47. The fourth-order valence-corrected chi connectivity index (χ4v) is 8.26. The number of aliphatic hydroxyl groups excluding tert-OH is 1. The van der Waals surface area contributed by atoms with E-state index in [1.54, 1.807) is 6.07 Å². The molecule has 13 nitrogen and oxygen atoms in total. The van der Waals surface area contributed by atoms with Crippen LogP contribution in [-0.4, -0.2) is 76.9 Å². The molecule has 2 aromatic heterocycles. The van der Waals surface area contributed by atoms with Gasteiger partial charge in [-0.05, 0) is 31.1 Å². The fraction of sp³-hybridized carbons (Fsp3) is 0.684. The van der Waals surface area contributed by atoms with E-state index in [9.17, 15) is 24.2 Å². The summed E-state index contributed by atoms with van der Waals surface area (Å²) in [6.45, 7) is -1.09. The molecule has 2 aromatic rings. The van der Waals surface area contributed by atoms with Gasteiger partial charge >= 0.3 is 15.2 Å². The molecule has 0 radical (unpaired) electrons. The monoisotopic (exact) mass is 552 g/mol. The van der Waals surface area contributed by atoms with Crippen LogP contribution in [0.15, 0.2) is 12.3 Å². The van der Waals surface area contributed by atoms with Crippen molar-refractivity contribution in [1.29, 1.82) is 0 Å². The number of hydrogen-bond acceptors (Lipinski definition) is 9. The quantitative estimate of drug-likeness (QED) is 0.257. The number of nitrogens with zero attached hydrogens (tertiary/aromatic N) is 3. The highest BCUT2D eigenvalue weighted by atomic mass is 35.5.